The quantitative estimate of drug-likeness (QED) is 0.232. The lowest BCUT2D eigenvalue weighted by molar-refractivity contribution is -0.519. The lowest BCUT2D eigenvalue weighted by Crippen LogP contribution is -2.56. The Labute approximate surface area is 209 Å². The normalized spacial score (nSPS) is 19.9. The summed E-state index contributed by atoms with van der Waals surface area (Å²) in [6.07, 6.45) is 2.21. The first-order valence-corrected chi connectivity index (χ1v) is 11.3. The van der Waals surface area contributed by atoms with E-state index in [1.54, 1.807) is 19.2 Å². The summed E-state index contributed by atoms with van der Waals surface area (Å²) in [7, 11) is 5.36. The highest BCUT2D eigenvalue weighted by Gasteiger charge is 2.44. The van der Waals surface area contributed by atoms with Gasteiger partial charge < -0.3 is 20.5 Å². The van der Waals surface area contributed by atoms with Crippen molar-refractivity contribution >= 4 is 16.9 Å². The Hall–Kier alpha value is -3.84. The molecule has 0 aliphatic heterocycles. The van der Waals surface area contributed by atoms with Crippen LogP contribution >= 0.6 is 0 Å². The molecule has 0 saturated carbocycles. The highest BCUT2D eigenvalue weighted by Crippen LogP contribution is 2.39. The number of para-hydroxylation sites is 1. The topological polar surface area (TPSA) is 112 Å². The molecule has 4 rings (SSSR count). The number of likely N-dealkylation sites (N-methyl/N-ethyl adjacent to an activating group) is 1. The number of aromatic nitrogens is 3. The van der Waals surface area contributed by atoms with Gasteiger partial charge in [0, 0.05) is 40.0 Å². The van der Waals surface area contributed by atoms with Crippen LogP contribution in [0.1, 0.15) is 12.0 Å². The highest BCUT2D eigenvalue weighted by atomic mass is 19.4. The minimum Gasteiger partial charge on any atom is -0.358 e. The van der Waals surface area contributed by atoms with Crippen LogP contribution in [0.4, 0.5) is 23.5 Å². The fourth-order valence-electron chi connectivity index (χ4n) is 4.34. The summed E-state index contributed by atoms with van der Waals surface area (Å²) in [4.78, 5) is 24.0. The van der Waals surface area contributed by atoms with Crippen LogP contribution in [0.15, 0.2) is 54.5 Å². The van der Waals surface area contributed by atoms with Crippen molar-refractivity contribution in [2.45, 2.75) is 24.2 Å². The number of aromatic amines is 1. The SMILES string of the molecule is CNC1(CCN(C)C)C=CC(Nc2ncc(C(F)(F)F)c(-c3c[nH]c4c(F)cccc34)n2)=CC1[N+](=O)[O-]. The number of benzene rings is 1. The molecule has 3 N–H and O–H groups in total. The number of nitrogens with zero attached hydrogens (tertiary/aromatic N) is 4. The molecule has 37 heavy (non-hydrogen) atoms. The molecule has 0 radical (unpaired) electrons. The molecular weight excluding hydrogens is 494 g/mol. The first-order chi connectivity index (χ1) is 17.4. The number of nitrogens with one attached hydrogen (secondary N) is 3. The predicted octanol–water partition coefficient (Wildman–Crippen LogP) is 4.20. The Bertz CT molecular complexity index is 1380. The van der Waals surface area contributed by atoms with E-state index in [4.69, 9.17) is 0 Å². The van der Waals surface area contributed by atoms with Gasteiger partial charge in [-0.2, -0.15) is 13.2 Å². The van der Waals surface area contributed by atoms with Crippen molar-refractivity contribution in [3.05, 3.63) is 76.0 Å². The zero-order valence-electron chi connectivity index (χ0n) is 20.2. The Morgan fingerprint density at radius 3 is 2.70 bits per heavy atom. The van der Waals surface area contributed by atoms with Crippen LogP contribution in [0.5, 0.6) is 0 Å². The van der Waals surface area contributed by atoms with Gasteiger partial charge in [0.1, 0.15) is 16.9 Å². The van der Waals surface area contributed by atoms with E-state index in [1.807, 2.05) is 19.0 Å². The van der Waals surface area contributed by atoms with E-state index in [-0.39, 0.29) is 28.1 Å². The van der Waals surface area contributed by atoms with Crippen LogP contribution in [-0.4, -0.2) is 64.0 Å². The number of halogens is 4. The van der Waals surface area contributed by atoms with Gasteiger partial charge in [-0.15, -0.1) is 0 Å². The monoisotopic (exact) mass is 519 g/mol. The minimum atomic E-state index is -4.77. The summed E-state index contributed by atoms with van der Waals surface area (Å²) in [6.45, 7) is 0.586. The summed E-state index contributed by atoms with van der Waals surface area (Å²) in [6, 6.07) is 2.91. The van der Waals surface area contributed by atoms with Crippen LogP contribution in [0.25, 0.3) is 22.2 Å². The summed E-state index contributed by atoms with van der Waals surface area (Å²) in [5.74, 6) is -0.813. The Morgan fingerprint density at radius 1 is 1.30 bits per heavy atom. The van der Waals surface area contributed by atoms with Crippen molar-refractivity contribution in [1.29, 1.82) is 0 Å². The van der Waals surface area contributed by atoms with E-state index >= 15 is 0 Å². The van der Waals surface area contributed by atoms with Gasteiger partial charge in [-0.25, -0.2) is 14.4 Å². The predicted molar refractivity (Wildman–Crippen MR) is 131 cm³/mol. The third kappa shape index (κ3) is 5.18. The average Bonchev–Trinajstić information content (AvgIpc) is 3.28. The molecule has 2 heterocycles. The maximum Gasteiger partial charge on any atom is 0.419 e. The molecule has 1 aliphatic rings. The van der Waals surface area contributed by atoms with Gasteiger partial charge in [0.05, 0.1) is 11.2 Å². The summed E-state index contributed by atoms with van der Waals surface area (Å²) in [5, 5.41) is 18.0. The van der Waals surface area contributed by atoms with Crippen molar-refractivity contribution in [2.24, 2.45) is 0 Å². The summed E-state index contributed by atoms with van der Waals surface area (Å²) >= 11 is 0. The zero-order chi connectivity index (χ0) is 27.0. The molecule has 2 unspecified atom stereocenters. The van der Waals surface area contributed by atoms with E-state index in [2.05, 4.69) is 25.6 Å². The van der Waals surface area contributed by atoms with Gasteiger partial charge in [0.25, 0.3) is 6.04 Å². The van der Waals surface area contributed by atoms with Crippen molar-refractivity contribution in [3.63, 3.8) is 0 Å². The molecule has 2 atom stereocenters. The van der Waals surface area contributed by atoms with Crippen molar-refractivity contribution in [3.8, 4) is 11.3 Å². The molecule has 0 bridgehead atoms. The fraction of sp³-hybridized carbons (Fsp3) is 0.333. The Balaban J connectivity index is 1.72. The first kappa shape index (κ1) is 26.2. The van der Waals surface area contributed by atoms with Crippen LogP contribution < -0.4 is 10.6 Å². The van der Waals surface area contributed by atoms with Gasteiger partial charge in [-0.1, -0.05) is 18.2 Å². The van der Waals surface area contributed by atoms with Crippen molar-refractivity contribution in [2.75, 3.05) is 33.0 Å². The van der Waals surface area contributed by atoms with Crippen LogP contribution in [0, 0.1) is 15.9 Å². The Morgan fingerprint density at radius 2 is 2.05 bits per heavy atom. The number of alkyl halides is 3. The van der Waals surface area contributed by atoms with E-state index in [1.165, 1.54) is 30.5 Å². The van der Waals surface area contributed by atoms with E-state index < -0.39 is 39.8 Å². The third-order valence-electron chi connectivity index (χ3n) is 6.36. The molecule has 0 fully saturated rings. The molecule has 0 amide bonds. The van der Waals surface area contributed by atoms with Gasteiger partial charge >= 0.3 is 6.18 Å². The van der Waals surface area contributed by atoms with Crippen molar-refractivity contribution < 1.29 is 22.5 Å². The summed E-state index contributed by atoms with van der Waals surface area (Å²) < 4.78 is 55.6. The molecule has 2 aromatic heterocycles. The van der Waals surface area contributed by atoms with Crippen LogP contribution in [0.3, 0.4) is 0 Å². The Kier molecular flexibility index (Phi) is 7.02. The van der Waals surface area contributed by atoms with E-state index in [0.717, 1.165) is 0 Å². The lowest BCUT2D eigenvalue weighted by Gasteiger charge is -2.35. The molecule has 1 aromatic carbocycles. The molecule has 3 aromatic rings. The van der Waals surface area contributed by atoms with Crippen LogP contribution in [0.2, 0.25) is 0 Å². The maximum absolute atomic E-state index is 14.2. The van der Waals surface area contributed by atoms with Crippen molar-refractivity contribution in [1.82, 2.24) is 25.2 Å². The number of anilines is 1. The molecule has 196 valence electrons. The number of H-pyrrole nitrogens is 1. The fourth-order valence-corrected chi connectivity index (χ4v) is 4.34. The molecule has 0 spiro atoms. The average molecular weight is 520 g/mol. The number of allylic oxidation sites excluding steroid dienone is 1. The third-order valence-corrected chi connectivity index (χ3v) is 6.36. The molecule has 9 nitrogen and oxygen atoms in total. The summed E-state index contributed by atoms with van der Waals surface area (Å²) in [5.41, 5.74) is -2.17. The second kappa shape index (κ2) is 9.90. The smallest absolute Gasteiger partial charge is 0.358 e. The lowest BCUT2D eigenvalue weighted by atomic mass is 9.82. The zero-order valence-corrected chi connectivity index (χ0v) is 20.2. The number of fused-ring (bicyclic) bond motifs is 1. The number of hydrogen-bond donors (Lipinski definition) is 3. The largest absolute Gasteiger partial charge is 0.419 e. The van der Waals surface area contributed by atoms with Crippen LogP contribution in [-0.2, 0) is 6.18 Å². The van der Waals surface area contributed by atoms with Gasteiger partial charge in [-0.05, 0) is 46.3 Å². The molecule has 0 saturated heterocycles. The standard InChI is InChI=1S/C24H25F4N7O2/c1-29-23(9-10-34(2)3)8-7-14(11-19(23)35(36)37)32-22-31-13-17(24(26,27)28)20(33-22)16-12-30-21-15(16)5-4-6-18(21)25/h4-8,11-13,19,29-30H,9-10H2,1-3H3,(H,31,32,33). The highest BCUT2D eigenvalue weighted by molar-refractivity contribution is 5.95. The number of rotatable bonds is 8. The number of nitro groups is 1. The first-order valence-electron chi connectivity index (χ1n) is 11.3. The molecular formula is C24H25F4N7O2. The number of hydrogen-bond acceptors (Lipinski definition) is 7. The molecule has 13 heteroatoms. The second-order valence-electron chi connectivity index (χ2n) is 8.97. The van der Waals surface area contributed by atoms with E-state index in [0.29, 0.717) is 19.2 Å². The van der Waals surface area contributed by atoms with E-state index in [9.17, 15) is 27.7 Å². The minimum absolute atomic E-state index is 0.0431. The van der Waals surface area contributed by atoms with Gasteiger partial charge in [0.2, 0.25) is 5.95 Å². The molecule has 1 aliphatic carbocycles. The second-order valence-corrected chi connectivity index (χ2v) is 8.97. The maximum atomic E-state index is 14.2. The van der Waals surface area contributed by atoms with Gasteiger partial charge in [-0.3, -0.25) is 10.1 Å². The van der Waals surface area contributed by atoms with Gasteiger partial charge in [0.15, 0.2) is 0 Å².